The highest BCUT2D eigenvalue weighted by molar-refractivity contribution is 7.89. The molecule has 1 amide bonds. The number of amides is 1. The van der Waals surface area contributed by atoms with Crippen molar-refractivity contribution < 1.29 is 13.2 Å². The van der Waals surface area contributed by atoms with Gasteiger partial charge in [0.25, 0.3) is 0 Å². The van der Waals surface area contributed by atoms with E-state index >= 15 is 0 Å². The number of hydrogen-bond donors (Lipinski definition) is 2. The summed E-state index contributed by atoms with van der Waals surface area (Å²) in [4.78, 5) is 13.5. The summed E-state index contributed by atoms with van der Waals surface area (Å²) in [6.45, 7) is 1.20. The van der Waals surface area contributed by atoms with Crippen LogP contribution in [0.15, 0.2) is 11.1 Å². The summed E-state index contributed by atoms with van der Waals surface area (Å²) >= 11 is 0. The molecule has 0 spiro atoms. The van der Waals surface area contributed by atoms with Gasteiger partial charge in [-0.15, -0.1) is 0 Å². The lowest BCUT2D eigenvalue weighted by molar-refractivity contribution is -0.130. The number of nitrogens with two attached hydrogens (primary N) is 1. The maximum Gasteiger partial charge on any atom is 0.248 e. The third-order valence-electron chi connectivity index (χ3n) is 3.14. The zero-order valence-electron chi connectivity index (χ0n) is 10.7. The summed E-state index contributed by atoms with van der Waals surface area (Å²) in [5, 5.41) is 5.94. The van der Waals surface area contributed by atoms with Crippen molar-refractivity contribution in [3.05, 3.63) is 6.20 Å². The minimum Gasteiger partial charge on any atom is -0.383 e. The predicted octanol–water partition coefficient (Wildman–Crippen LogP) is -0.765. The van der Waals surface area contributed by atoms with E-state index in [1.807, 2.05) is 0 Å². The Labute approximate surface area is 111 Å². The van der Waals surface area contributed by atoms with Crippen molar-refractivity contribution in [2.45, 2.75) is 17.7 Å². The lowest BCUT2D eigenvalue weighted by Gasteiger charge is -2.20. The van der Waals surface area contributed by atoms with Gasteiger partial charge in [0.05, 0.1) is 12.7 Å². The van der Waals surface area contributed by atoms with Gasteiger partial charge in [-0.3, -0.25) is 9.89 Å². The first-order valence-corrected chi connectivity index (χ1v) is 7.40. The van der Waals surface area contributed by atoms with E-state index in [2.05, 4.69) is 10.2 Å². The van der Waals surface area contributed by atoms with E-state index in [0.717, 1.165) is 23.3 Å². The van der Waals surface area contributed by atoms with Gasteiger partial charge in [-0.05, 0) is 12.8 Å². The quantitative estimate of drug-likeness (QED) is 0.755. The summed E-state index contributed by atoms with van der Waals surface area (Å²) in [5.41, 5.74) is 5.50. The molecule has 1 saturated heterocycles. The molecular formula is C10H17N5O3S. The van der Waals surface area contributed by atoms with E-state index in [0.29, 0.717) is 13.1 Å². The molecule has 0 bridgehead atoms. The number of aromatic amines is 1. The molecule has 0 saturated carbocycles. The highest BCUT2D eigenvalue weighted by atomic mass is 32.2. The maximum absolute atomic E-state index is 12.2. The van der Waals surface area contributed by atoms with Gasteiger partial charge in [0.2, 0.25) is 15.9 Å². The SMILES string of the molecule is CN(CC(=O)N1CCCC1)S(=O)(=O)c1cn[nH]c1N. The van der Waals surface area contributed by atoms with E-state index < -0.39 is 10.0 Å². The van der Waals surface area contributed by atoms with Gasteiger partial charge in [-0.25, -0.2) is 8.42 Å². The molecule has 0 atom stereocenters. The standard InChI is InChI=1S/C10H17N5O3S/c1-14(7-9(16)15-4-2-3-5-15)19(17,18)8-6-12-13-10(8)11/h6H,2-5,7H2,1H3,(H3,11,12,13). The number of hydrogen-bond acceptors (Lipinski definition) is 5. The van der Waals surface area contributed by atoms with Crippen molar-refractivity contribution in [2.75, 3.05) is 32.4 Å². The Morgan fingerprint density at radius 2 is 2.16 bits per heavy atom. The molecule has 0 unspecified atom stereocenters. The van der Waals surface area contributed by atoms with Crippen LogP contribution >= 0.6 is 0 Å². The van der Waals surface area contributed by atoms with Crippen molar-refractivity contribution >= 4 is 21.7 Å². The number of nitrogen functional groups attached to an aromatic ring is 1. The molecule has 1 aromatic heterocycles. The smallest absolute Gasteiger partial charge is 0.248 e. The first kappa shape index (κ1) is 13.8. The van der Waals surface area contributed by atoms with Gasteiger partial charge in [0.15, 0.2) is 0 Å². The van der Waals surface area contributed by atoms with Crippen molar-refractivity contribution in [2.24, 2.45) is 0 Å². The number of nitrogens with one attached hydrogen (secondary N) is 1. The van der Waals surface area contributed by atoms with Gasteiger partial charge in [-0.2, -0.15) is 9.40 Å². The average molecular weight is 287 g/mol. The molecule has 19 heavy (non-hydrogen) atoms. The molecule has 3 N–H and O–H groups in total. The summed E-state index contributed by atoms with van der Waals surface area (Å²) in [6.07, 6.45) is 3.08. The fourth-order valence-electron chi connectivity index (χ4n) is 2.00. The van der Waals surface area contributed by atoms with E-state index in [-0.39, 0.29) is 23.2 Å². The van der Waals surface area contributed by atoms with E-state index in [1.165, 1.54) is 7.05 Å². The van der Waals surface area contributed by atoms with Gasteiger partial charge in [0, 0.05) is 20.1 Å². The number of nitrogens with zero attached hydrogens (tertiary/aromatic N) is 3. The number of H-pyrrole nitrogens is 1. The monoisotopic (exact) mass is 287 g/mol. The van der Waals surface area contributed by atoms with Crippen molar-refractivity contribution in [1.29, 1.82) is 0 Å². The lowest BCUT2D eigenvalue weighted by Crippen LogP contribution is -2.39. The highest BCUT2D eigenvalue weighted by Crippen LogP contribution is 2.18. The average Bonchev–Trinajstić information content (AvgIpc) is 2.98. The van der Waals surface area contributed by atoms with Crippen LogP contribution in [0.5, 0.6) is 0 Å². The number of likely N-dealkylation sites (tertiary alicyclic amines) is 1. The Morgan fingerprint density at radius 1 is 1.53 bits per heavy atom. The Kier molecular flexibility index (Phi) is 3.76. The minimum atomic E-state index is -3.78. The van der Waals surface area contributed by atoms with Crippen LogP contribution in [0, 0.1) is 0 Å². The Bertz CT molecular complexity index is 561. The van der Waals surface area contributed by atoms with Gasteiger partial charge in [0.1, 0.15) is 10.7 Å². The van der Waals surface area contributed by atoms with Crippen LogP contribution in [0.25, 0.3) is 0 Å². The molecule has 1 aliphatic heterocycles. The molecular weight excluding hydrogens is 270 g/mol. The van der Waals surface area contributed by atoms with Crippen molar-refractivity contribution in [3.8, 4) is 0 Å². The molecule has 9 heteroatoms. The number of anilines is 1. The zero-order chi connectivity index (χ0) is 14.0. The first-order chi connectivity index (χ1) is 8.93. The fraction of sp³-hybridized carbons (Fsp3) is 0.600. The summed E-state index contributed by atoms with van der Waals surface area (Å²) in [6, 6.07) is 0. The zero-order valence-corrected chi connectivity index (χ0v) is 11.5. The second-order valence-electron chi connectivity index (χ2n) is 4.50. The second kappa shape index (κ2) is 5.17. The molecule has 0 radical (unpaired) electrons. The summed E-state index contributed by atoms with van der Waals surface area (Å²) in [5.74, 6) is -0.217. The predicted molar refractivity (Wildman–Crippen MR) is 68.6 cm³/mol. The normalized spacial score (nSPS) is 16.2. The number of sulfonamides is 1. The van der Waals surface area contributed by atoms with Crippen molar-refractivity contribution in [3.63, 3.8) is 0 Å². The molecule has 106 valence electrons. The van der Waals surface area contributed by atoms with Crippen LogP contribution in [0.2, 0.25) is 0 Å². The molecule has 2 rings (SSSR count). The maximum atomic E-state index is 12.2. The van der Waals surface area contributed by atoms with Crippen LogP contribution < -0.4 is 5.73 Å². The molecule has 0 aliphatic carbocycles. The molecule has 0 aromatic carbocycles. The molecule has 1 aliphatic rings. The number of carbonyl (C=O) groups excluding carboxylic acids is 1. The Hall–Kier alpha value is -1.61. The number of rotatable bonds is 4. The van der Waals surface area contributed by atoms with Gasteiger partial charge < -0.3 is 10.6 Å². The van der Waals surface area contributed by atoms with E-state index in [9.17, 15) is 13.2 Å². The van der Waals surface area contributed by atoms with Crippen LogP contribution in [0.3, 0.4) is 0 Å². The molecule has 2 heterocycles. The van der Waals surface area contributed by atoms with Gasteiger partial charge in [-0.1, -0.05) is 0 Å². The third kappa shape index (κ3) is 2.71. The topological polar surface area (TPSA) is 112 Å². The summed E-state index contributed by atoms with van der Waals surface area (Å²) < 4.78 is 25.4. The Balaban J connectivity index is 2.09. The second-order valence-corrected chi connectivity index (χ2v) is 6.51. The number of likely N-dealkylation sites (N-methyl/N-ethyl adjacent to an activating group) is 1. The molecule has 8 nitrogen and oxygen atoms in total. The number of aromatic nitrogens is 2. The minimum absolute atomic E-state index is 0.0273. The van der Waals surface area contributed by atoms with Crippen LogP contribution in [0.4, 0.5) is 5.82 Å². The molecule has 1 fully saturated rings. The lowest BCUT2D eigenvalue weighted by atomic mass is 10.4. The largest absolute Gasteiger partial charge is 0.383 e. The third-order valence-corrected chi connectivity index (χ3v) is 4.97. The van der Waals surface area contributed by atoms with Crippen LogP contribution in [0.1, 0.15) is 12.8 Å². The summed E-state index contributed by atoms with van der Waals surface area (Å²) in [7, 11) is -2.43. The Morgan fingerprint density at radius 3 is 2.68 bits per heavy atom. The van der Waals surface area contributed by atoms with Crippen LogP contribution in [-0.2, 0) is 14.8 Å². The fourth-order valence-corrected chi connectivity index (χ4v) is 3.13. The molecule has 1 aromatic rings. The van der Waals surface area contributed by atoms with E-state index in [1.54, 1.807) is 4.90 Å². The van der Waals surface area contributed by atoms with E-state index in [4.69, 9.17) is 5.73 Å². The first-order valence-electron chi connectivity index (χ1n) is 5.96. The van der Waals surface area contributed by atoms with Gasteiger partial charge >= 0.3 is 0 Å². The number of carbonyl (C=O) groups is 1. The highest BCUT2D eigenvalue weighted by Gasteiger charge is 2.28. The van der Waals surface area contributed by atoms with Crippen LogP contribution in [-0.4, -0.2) is 60.4 Å². The van der Waals surface area contributed by atoms with Crippen molar-refractivity contribution in [1.82, 2.24) is 19.4 Å².